The van der Waals surface area contributed by atoms with Crippen LogP contribution in [0.1, 0.15) is 60.1 Å². The molecule has 0 heterocycles. The number of nitrogens with one attached hydrogen (secondary N) is 1. The lowest BCUT2D eigenvalue weighted by molar-refractivity contribution is -0.170. The topological polar surface area (TPSA) is 64.6 Å². The molecule has 1 N–H and O–H groups in total. The number of hydrogen-bond acceptors (Lipinski definition) is 4. The van der Waals surface area contributed by atoms with Crippen molar-refractivity contribution in [2.75, 3.05) is 0 Å². The lowest BCUT2D eigenvalue weighted by Gasteiger charge is -2.33. The number of alkyl carbamates (subject to hydrolysis) is 1. The summed E-state index contributed by atoms with van der Waals surface area (Å²) in [5, 5.41) is 2.46. The van der Waals surface area contributed by atoms with E-state index in [0.29, 0.717) is 5.56 Å². The van der Waals surface area contributed by atoms with Gasteiger partial charge in [-0.2, -0.15) is 0 Å². The molecule has 1 rings (SSSR count). The van der Waals surface area contributed by atoms with Crippen molar-refractivity contribution >= 4 is 12.1 Å². The number of hydrogen-bond donors (Lipinski definition) is 1. The molecule has 25 heavy (non-hydrogen) atoms. The van der Waals surface area contributed by atoms with E-state index in [-0.39, 0.29) is 0 Å². The van der Waals surface area contributed by atoms with Gasteiger partial charge in [0.15, 0.2) is 0 Å². The van der Waals surface area contributed by atoms with E-state index in [1.807, 2.05) is 0 Å². The Balaban J connectivity index is 3.14. The van der Waals surface area contributed by atoms with Gasteiger partial charge in [0.1, 0.15) is 17.2 Å². The molecular formula is C19H28FNO4. The summed E-state index contributed by atoms with van der Waals surface area (Å²) in [6.45, 7) is 11.2. The average Bonchev–Trinajstić information content (AvgIpc) is 2.41. The van der Waals surface area contributed by atoms with Crippen molar-refractivity contribution < 1.29 is 23.5 Å². The first kappa shape index (κ1) is 20.9. The maximum absolute atomic E-state index is 15.4. The van der Waals surface area contributed by atoms with E-state index in [9.17, 15) is 9.59 Å². The number of rotatable bonds is 4. The Morgan fingerprint density at radius 1 is 0.920 bits per heavy atom. The molecular weight excluding hydrogens is 325 g/mol. The zero-order valence-electron chi connectivity index (χ0n) is 16.0. The molecule has 0 spiro atoms. The van der Waals surface area contributed by atoms with Crippen LogP contribution in [0.2, 0.25) is 0 Å². The van der Waals surface area contributed by atoms with Crippen molar-refractivity contribution in [3.63, 3.8) is 0 Å². The Morgan fingerprint density at radius 3 is 1.84 bits per heavy atom. The van der Waals surface area contributed by atoms with Gasteiger partial charge in [-0.05, 0) is 54.0 Å². The Morgan fingerprint density at radius 2 is 1.40 bits per heavy atom. The van der Waals surface area contributed by atoms with Crippen LogP contribution in [0, 0.1) is 0 Å². The highest BCUT2D eigenvalue weighted by Crippen LogP contribution is 2.32. The highest BCUT2D eigenvalue weighted by Gasteiger charge is 2.47. The van der Waals surface area contributed by atoms with Gasteiger partial charge >= 0.3 is 12.1 Å². The maximum Gasteiger partial charge on any atom is 0.408 e. The number of ether oxygens (including phenoxy) is 2. The van der Waals surface area contributed by atoms with Crippen LogP contribution >= 0.6 is 0 Å². The summed E-state index contributed by atoms with van der Waals surface area (Å²) in [7, 11) is 0. The fraction of sp³-hybridized carbons (Fsp3) is 0.579. The van der Waals surface area contributed by atoms with Gasteiger partial charge in [-0.3, -0.25) is 0 Å². The molecule has 0 aliphatic heterocycles. The minimum absolute atomic E-state index is 0.434. The molecule has 1 amide bonds. The predicted molar refractivity (Wildman–Crippen MR) is 93.9 cm³/mol. The zero-order chi connectivity index (χ0) is 19.5. The van der Waals surface area contributed by atoms with E-state index in [1.54, 1.807) is 71.9 Å². The van der Waals surface area contributed by atoms with Crippen LogP contribution in [-0.2, 0) is 14.3 Å². The molecule has 0 fully saturated rings. The molecule has 1 aromatic carbocycles. The first-order valence-electron chi connectivity index (χ1n) is 8.19. The second-order valence-corrected chi connectivity index (χ2v) is 8.07. The van der Waals surface area contributed by atoms with Crippen LogP contribution in [0.3, 0.4) is 0 Å². The standard InChI is InChI=1S/C19H28FNO4/c1-17(2,3)24-15(22)19(7,20)14(13-11-9-8-10-12-13)21-16(23)25-18(4,5)6/h8-12,14H,1-7H3,(H,21,23)/t14-,19-/m1/s1. The molecule has 6 heteroatoms. The Bertz CT molecular complexity index is 600. The molecule has 0 aliphatic rings. The minimum Gasteiger partial charge on any atom is -0.458 e. The lowest BCUT2D eigenvalue weighted by Crippen LogP contribution is -2.49. The van der Waals surface area contributed by atoms with Crippen LogP contribution in [-0.4, -0.2) is 28.9 Å². The summed E-state index contributed by atoms with van der Waals surface area (Å²) < 4.78 is 25.8. The van der Waals surface area contributed by atoms with Gasteiger partial charge in [-0.1, -0.05) is 30.3 Å². The molecule has 0 radical (unpaired) electrons. The quantitative estimate of drug-likeness (QED) is 0.819. The van der Waals surface area contributed by atoms with E-state index in [1.165, 1.54) is 0 Å². The summed E-state index contributed by atoms with van der Waals surface area (Å²) in [5.41, 5.74) is -3.64. The predicted octanol–water partition coefficient (Wildman–Crippen LogP) is 4.32. The van der Waals surface area contributed by atoms with Crippen molar-refractivity contribution in [1.82, 2.24) is 5.32 Å². The van der Waals surface area contributed by atoms with Crippen LogP contribution in [0.4, 0.5) is 9.18 Å². The first-order valence-corrected chi connectivity index (χ1v) is 8.19. The van der Waals surface area contributed by atoms with Crippen molar-refractivity contribution in [3.05, 3.63) is 35.9 Å². The van der Waals surface area contributed by atoms with Gasteiger partial charge in [-0.15, -0.1) is 0 Å². The van der Waals surface area contributed by atoms with Crippen LogP contribution in [0.25, 0.3) is 0 Å². The van der Waals surface area contributed by atoms with E-state index in [4.69, 9.17) is 9.47 Å². The molecule has 0 saturated heterocycles. The fourth-order valence-electron chi connectivity index (χ4n) is 2.10. The second-order valence-electron chi connectivity index (χ2n) is 8.07. The summed E-state index contributed by atoms with van der Waals surface area (Å²) in [4.78, 5) is 24.5. The number of halogens is 1. The van der Waals surface area contributed by atoms with Crippen LogP contribution < -0.4 is 5.32 Å². The monoisotopic (exact) mass is 353 g/mol. The SMILES string of the molecule is CC(C)(C)OC(=O)N[C@H](c1ccccc1)[C@@](C)(F)C(=O)OC(C)(C)C. The number of amides is 1. The zero-order valence-corrected chi connectivity index (χ0v) is 16.0. The lowest BCUT2D eigenvalue weighted by atomic mass is 9.91. The van der Waals surface area contributed by atoms with Crippen molar-refractivity contribution in [2.45, 2.75) is 71.4 Å². The van der Waals surface area contributed by atoms with Gasteiger partial charge < -0.3 is 14.8 Å². The van der Waals surface area contributed by atoms with Crippen LogP contribution in [0.5, 0.6) is 0 Å². The van der Waals surface area contributed by atoms with Gasteiger partial charge in [0.2, 0.25) is 5.67 Å². The number of alkyl halides is 1. The highest BCUT2D eigenvalue weighted by atomic mass is 19.1. The number of benzene rings is 1. The van der Waals surface area contributed by atoms with Crippen molar-refractivity contribution in [3.8, 4) is 0 Å². The van der Waals surface area contributed by atoms with Crippen LogP contribution in [0.15, 0.2) is 30.3 Å². The Hall–Kier alpha value is -2.11. The van der Waals surface area contributed by atoms with Gasteiger partial charge in [0.05, 0.1) is 0 Å². The molecule has 1 aromatic rings. The normalized spacial score (nSPS) is 15.7. The third kappa shape index (κ3) is 6.72. The number of esters is 1. The molecule has 0 saturated carbocycles. The smallest absolute Gasteiger partial charge is 0.408 e. The molecule has 140 valence electrons. The van der Waals surface area contributed by atoms with Crippen molar-refractivity contribution in [2.24, 2.45) is 0 Å². The largest absolute Gasteiger partial charge is 0.458 e. The molecule has 2 atom stereocenters. The van der Waals surface area contributed by atoms with Gasteiger partial charge in [0, 0.05) is 0 Å². The second kappa shape index (κ2) is 7.42. The van der Waals surface area contributed by atoms with Gasteiger partial charge in [0.25, 0.3) is 0 Å². The molecule has 0 aliphatic carbocycles. The summed E-state index contributed by atoms with van der Waals surface area (Å²) in [5.74, 6) is -1.05. The van der Waals surface area contributed by atoms with E-state index in [0.717, 1.165) is 6.92 Å². The van der Waals surface area contributed by atoms with Crippen molar-refractivity contribution in [1.29, 1.82) is 0 Å². The number of carbonyl (C=O) groups is 2. The molecule has 0 bridgehead atoms. The minimum atomic E-state index is -2.48. The molecule has 0 aromatic heterocycles. The third-order valence-electron chi connectivity index (χ3n) is 3.13. The van der Waals surface area contributed by atoms with E-state index >= 15 is 4.39 Å². The maximum atomic E-state index is 15.4. The number of carbonyl (C=O) groups excluding carboxylic acids is 2. The first-order chi connectivity index (χ1) is 11.2. The Labute approximate surface area is 148 Å². The Kier molecular flexibility index (Phi) is 6.21. The summed E-state index contributed by atoms with van der Waals surface area (Å²) in [6, 6.07) is 7.17. The third-order valence-corrected chi connectivity index (χ3v) is 3.13. The highest BCUT2D eigenvalue weighted by molar-refractivity contribution is 5.82. The fourth-order valence-corrected chi connectivity index (χ4v) is 2.10. The van der Waals surface area contributed by atoms with E-state index < -0.39 is 35.0 Å². The molecule has 0 unspecified atom stereocenters. The van der Waals surface area contributed by atoms with E-state index in [2.05, 4.69) is 5.32 Å². The van der Waals surface area contributed by atoms with Gasteiger partial charge in [-0.25, -0.2) is 14.0 Å². The molecule has 5 nitrogen and oxygen atoms in total. The average molecular weight is 353 g/mol. The summed E-state index contributed by atoms with van der Waals surface area (Å²) in [6.07, 6.45) is -0.811. The summed E-state index contributed by atoms with van der Waals surface area (Å²) >= 11 is 0.